The number of benzene rings is 1. The second-order valence-electron chi connectivity index (χ2n) is 5.80. The molecule has 1 aliphatic rings. The van der Waals surface area contributed by atoms with Gasteiger partial charge in [0.25, 0.3) is 0 Å². The molecular formula is C18H26O. The van der Waals surface area contributed by atoms with Gasteiger partial charge >= 0.3 is 0 Å². The van der Waals surface area contributed by atoms with Crippen molar-refractivity contribution in [2.24, 2.45) is 0 Å². The number of hydrogen-bond acceptors (Lipinski definition) is 1. The summed E-state index contributed by atoms with van der Waals surface area (Å²) in [6, 6.07) is 10.4. The van der Waals surface area contributed by atoms with Gasteiger partial charge in [-0.25, -0.2) is 0 Å². The maximum absolute atomic E-state index is 12.4. The molecule has 0 saturated heterocycles. The summed E-state index contributed by atoms with van der Waals surface area (Å²) in [5.74, 6) is 0.618. The highest BCUT2D eigenvalue weighted by Crippen LogP contribution is 2.26. The first-order valence-electron chi connectivity index (χ1n) is 7.95. The van der Waals surface area contributed by atoms with Crippen LogP contribution in [0.1, 0.15) is 75.7 Å². The SMILES string of the molecule is O=C1CCCCCCCCCC[C@H]1c1ccccc1. The maximum Gasteiger partial charge on any atom is 0.140 e. The Morgan fingerprint density at radius 1 is 0.737 bits per heavy atom. The minimum absolute atomic E-state index is 0.153. The van der Waals surface area contributed by atoms with E-state index in [0.717, 1.165) is 19.3 Å². The lowest BCUT2D eigenvalue weighted by Crippen LogP contribution is -2.13. The van der Waals surface area contributed by atoms with Crippen molar-refractivity contribution < 1.29 is 4.79 Å². The molecule has 19 heavy (non-hydrogen) atoms. The molecule has 1 aromatic carbocycles. The van der Waals surface area contributed by atoms with Crippen molar-refractivity contribution in [2.75, 3.05) is 0 Å². The molecule has 1 aromatic rings. The van der Waals surface area contributed by atoms with Gasteiger partial charge in [-0.3, -0.25) is 4.79 Å². The molecule has 1 fully saturated rings. The van der Waals surface area contributed by atoms with Crippen LogP contribution in [0, 0.1) is 0 Å². The summed E-state index contributed by atoms with van der Waals surface area (Å²) in [4.78, 5) is 12.4. The molecule has 0 bridgehead atoms. The zero-order valence-electron chi connectivity index (χ0n) is 11.9. The van der Waals surface area contributed by atoms with Gasteiger partial charge in [-0.1, -0.05) is 75.3 Å². The molecule has 1 aliphatic carbocycles. The highest BCUT2D eigenvalue weighted by Gasteiger charge is 2.19. The van der Waals surface area contributed by atoms with E-state index in [9.17, 15) is 4.79 Å². The van der Waals surface area contributed by atoms with Gasteiger partial charge in [-0.05, 0) is 18.4 Å². The number of Topliss-reactive ketones (excluding diaryl/α,β-unsaturated/α-hetero) is 1. The van der Waals surface area contributed by atoms with Crippen molar-refractivity contribution >= 4 is 5.78 Å². The molecule has 1 saturated carbocycles. The van der Waals surface area contributed by atoms with Crippen molar-refractivity contribution in [3.63, 3.8) is 0 Å². The Labute approximate surface area is 117 Å². The summed E-state index contributed by atoms with van der Waals surface area (Å²) in [5, 5.41) is 0. The van der Waals surface area contributed by atoms with Crippen LogP contribution in [0.3, 0.4) is 0 Å². The van der Waals surface area contributed by atoms with Crippen LogP contribution in [0.25, 0.3) is 0 Å². The maximum atomic E-state index is 12.4. The second-order valence-corrected chi connectivity index (χ2v) is 5.80. The molecule has 0 radical (unpaired) electrons. The van der Waals surface area contributed by atoms with E-state index < -0.39 is 0 Å². The molecule has 1 nitrogen and oxygen atoms in total. The molecule has 2 rings (SSSR count). The van der Waals surface area contributed by atoms with E-state index in [4.69, 9.17) is 0 Å². The van der Waals surface area contributed by atoms with Crippen LogP contribution in [-0.2, 0) is 4.79 Å². The van der Waals surface area contributed by atoms with Crippen molar-refractivity contribution in [1.82, 2.24) is 0 Å². The van der Waals surface area contributed by atoms with E-state index in [1.54, 1.807) is 0 Å². The van der Waals surface area contributed by atoms with Gasteiger partial charge in [0.05, 0.1) is 0 Å². The van der Waals surface area contributed by atoms with E-state index in [0.29, 0.717) is 5.78 Å². The Morgan fingerprint density at radius 3 is 2.00 bits per heavy atom. The molecule has 104 valence electrons. The van der Waals surface area contributed by atoms with Crippen molar-refractivity contribution in [3.8, 4) is 0 Å². The van der Waals surface area contributed by atoms with Crippen LogP contribution < -0.4 is 0 Å². The Balaban J connectivity index is 2.01. The minimum Gasteiger partial charge on any atom is -0.299 e. The number of rotatable bonds is 1. The Hall–Kier alpha value is -1.11. The van der Waals surface area contributed by atoms with Crippen LogP contribution >= 0.6 is 0 Å². The molecule has 0 amide bonds. The molecule has 1 heteroatoms. The average Bonchev–Trinajstić information content (AvgIpc) is 2.44. The highest BCUT2D eigenvalue weighted by atomic mass is 16.1. The fourth-order valence-corrected chi connectivity index (χ4v) is 3.08. The lowest BCUT2D eigenvalue weighted by atomic mass is 9.86. The summed E-state index contributed by atoms with van der Waals surface area (Å²) < 4.78 is 0. The van der Waals surface area contributed by atoms with Crippen molar-refractivity contribution in [3.05, 3.63) is 35.9 Å². The molecule has 0 heterocycles. The third-order valence-electron chi connectivity index (χ3n) is 4.26. The number of hydrogen-bond donors (Lipinski definition) is 0. The third kappa shape index (κ3) is 4.81. The summed E-state index contributed by atoms with van der Waals surface area (Å²) in [7, 11) is 0. The minimum atomic E-state index is 0.153. The van der Waals surface area contributed by atoms with E-state index in [-0.39, 0.29) is 5.92 Å². The van der Waals surface area contributed by atoms with Crippen LogP contribution in [0.15, 0.2) is 30.3 Å². The van der Waals surface area contributed by atoms with Gasteiger partial charge < -0.3 is 0 Å². The van der Waals surface area contributed by atoms with E-state index >= 15 is 0 Å². The summed E-state index contributed by atoms with van der Waals surface area (Å²) in [6.07, 6.45) is 12.0. The summed E-state index contributed by atoms with van der Waals surface area (Å²) >= 11 is 0. The molecular weight excluding hydrogens is 232 g/mol. The molecule has 1 atom stereocenters. The predicted octanol–water partition coefficient (Wildman–Crippen LogP) is 5.25. The first kappa shape index (κ1) is 14.3. The number of carbonyl (C=O) groups excluding carboxylic acids is 1. The van der Waals surface area contributed by atoms with Gasteiger partial charge in [0.2, 0.25) is 0 Å². The van der Waals surface area contributed by atoms with Gasteiger partial charge in [0.15, 0.2) is 0 Å². The average molecular weight is 258 g/mol. The molecule has 0 N–H and O–H groups in total. The smallest absolute Gasteiger partial charge is 0.140 e. The summed E-state index contributed by atoms with van der Waals surface area (Å²) in [5.41, 5.74) is 1.23. The number of carbonyl (C=O) groups is 1. The first-order valence-corrected chi connectivity index (χ1v) is 7.95. The predicted molar refractivity (Wildman–Crippen MR) is 80.4 cm³/mol. The topological polar surface area (TPSA) is 17.1 Å². The van der Waals surface area contributed by atoms with E-state index in [1.807, 2.05) is 6.07 Å². The lowest BCUT2D eigenvalue weighted by Gasteiger charge is -2.17. The Kier molecular flexibility index (Phi) is 6.13. The third-order valence-corrected chi connectivity index (χ3v) is 4.26. The van der Waals surface area contributed by atoms with Crippen LogP contribution in [0.5, 0.6) is 0 Å². The van der Waals surface area contributed by atoms with Gasteiger partial charge in [-0.15, -0.1) is 0 Å². The zero-order valence-corrected chi connectivity index (χ0v) is 11.9. The van der Waals surface area contributed by atoms with E-state index in [1.165, 1.54) is 50.5 Å². The van der Waals surface area contributed by atoms with Crippen LogP contribution in [-0.4, -0.2) is 5.78 Å². The summed E-state index contributed by atoms with van der Waals surface area (Å²) in [6.45, 7) is 0. The van der Waals surface area contributed by atoms with Crippen molar-refractivity contribution in [1.29, 1.82) is 0 Å². The Morgan fingerprint density at radius 2 is 1.32 bits per heavy atom. The monoisotopic (exact) mass is 258 g/mol. The fraction of sp³-hybridized carbons (Fsp3) is 0.611. The largest absolute Gasteiger partial charge is 0.299 e. The van der Waals surface area contributed by atoms with E-state index in [2.05, 4.69) is 24.3 Å². The Bertz CT molecular complexity index is 369. The molecule has 0 aromatic heterocycles. The van der Waals surface area contributed by atoms with Crippen molar-refractivity contribution in [2.45, 2.75) is 70.1 Å². The molecule has 0 aliphatic heterocycles. The van der Waals surface area contributed by atoms with Crippen LogP contribution in [0.2, 0.25) is 0 Å². The zero-order chi connectivity index (χ0) is 13.3. The molecule has 0 spiro atoms. The second kappa shape index (κ2) is 8.14. The van der Waals surface area contributed by atoms with Crippen LogP contribution in [0.4, 0.5) is 0 Å². The van der Waals surface area contributed by atoms with Gasteiger partial charge in [0.1, 0.15) is 5.78 Å². The fourth-order valence-electron chi connectivity index (χ4n) is 3.08. The standard InChI is InChI=1S/C18H26O/c19-18-15-11-6-4-2-1-3-5-10-14-17(18)16-12-8-7-9-13-16/h7-9,12-13,17H,1-6,10-11,14-15H2/t17-/m0/s1. The number of ketones is 1. The lowest BCUT2D eigenvalue weighted by molar-refractivity contribution is -0.120. The quantitative estimate of drug-likeness (QED) is 0.672. The molecule has 0 unspecified atom stereocenters. The van der Waals surface area contributed by atoms with Gasteiger partial charge in [0, 0.05) is 12.3 Å². The van der Waals surface area contributed by atoms with Gasteiger partial charge in [-0.2, -0.15) is 0 Å². The first-order chi connectivity index (χ1) is 9.38. The normalized spacial score (nSPS) is 23.4. The highest BCUT2D eigenvalue weighted by molar-refractivity contribution is 5.85.